The number of halogens is 1. The first-order valence-corrected chi connectivity index (χ1v) is 10.1. The van der Waals surface area contributed by atoms with Crippen LogP contribution in [0.4, 0.5) is 4.39 Å². The number of nitrogens with two attached hydrogens (primary N) is 1. The van der Waals surface area contributed by atoms with E-state index in [0.29, 0.717) is 11.1 Å². The van der Waals surface area contributed by atoms with Gasteiger partial charge in [0, 0.05) is 17.7 Å². The van der Waals surface area contributed by atoms with Gasteiger partial charge in [-0.3, -0.25) is 14.5 Å². The van der Waals surface area contributed by atoms with E-state index in [-0.39, 0.29) is 25.0 Å². The summed E-state index contributed by atoms with van der Waals surface area (Å²) in [6.45, 7) is 3.83. The molecule has 0 spiro atoms. The van der Waals surface area contributed by atoms with E-state index in [0.717, 1.165) is 0 Å². The van der Waals surface area contributed by atoms with Crippen LogP contribution in [0.3, 0.4) is 0 Å². The molecule has 0 bridgehead atoms. The second-order valence-electron chi connectivity index (χ2n) is 7.62. The third kappa shape index (κ3) is 2.84. The van der Waals surface area contributed by atoms with E-state index in [9.17, 15) is 18.8 Å². The maximum Gasteiger partial charge on any atom is 0.373 e. The standard InChI is InChI=1S/C23H23FN2O4/c1-3-26-20(27)17-18(21(26)28)23(22(29)30-4-2,15-8-6-5-7-9-15)25-19(17)14-10-12-16(24)13-11-14/h5-13,17-19,25H,3-4H2,1-2H3/p+1/t17-,18+,19+,23-/m1/s1. The molecule has 2 aliphatic heterocycles. The second kappa shape index (κ2) is 7.65. The number of benzene rings is 2. The van der Waals surface area contributed by atoms with Crippen LogP contribution in [-0.2, 0) is 24.7 Å². The van der Waals surface area contributed by atoms with Crippen LogP contribution in [0.25, 0.3) is 0 Å². The Balaban J connectivity index is 1.93. The first-order valence-electron chi connectivity index (χ1n) is 10.1. The topological polar surface area (TPSA) is 80.3 Å². The van der Waals surface area contributed by atoms with Gasteiger partial charge in [0.1, 0.15) is 23.7 Å². The van der Waals surface area contributed by atoms with Crippen molar-refractivity contribution in [3.63, 3.8) is 0 Å². The Morgan fingerprint density at radius 1 is 1.07 bits per heavy atom. The molecule has 6 nitrogen and oxygen atoms in total. The van der Waals surface area contributed by atoms with Gasteiger partial charge in [0.05, 0.1) is 6.61 Å². The summed E-state index contributed by atoms with van der Waals surface area (Å²) in [5.41, 5.74) is -0.0905. The quantitative estimate of drug-likeness (QED) is 0.598. The van der Waals surface area contributed by atoms with Crippen molar-refractivity contribution in [2.45, 2.75) is 25.4 Å². The van der Waals surface area contributed by atoms with Gasteiger partial charge in [-0.05, 0) is 26.0 Å². The molecule has 2 saturated heterocycles. The molecule has 2 fully saturated rings. The van der Waals surface area contributed by atoms with Crippen LogP contribution < -0.4 is 5.32 Å². The number of ether oxygens (including phenoxy) is 1. The van der Waals surface area contributed by atoms with Crippen molar-refractivity contribution in [1.82, 2.24) is 4.90 Å². The number of hydrogen-bond donors (Lipinski definition) is 1. The highest BCUT2D eigenvalue weighted by atomic mass is 19.1. The lowest BCUT2D eigenvalue weighted by molar-refractivity contribution is -0.742. The molecular weight excluding hydrogens is 387 g/mol. The van der Waals surface area contributed by atoms with Crippen molar-refractivity contribution in [2.24, 2.45) is 11.8 Å². The van der Waals surface area contributed by atoms with Crippen LogP contribution >= 0.6 is 0 Å². The Morgan fingerprint density at radius 3 is 2.33 bits per heavy atom. The average Bonchev–Trinajstić information content (AvgIpc) is 3.24. The fourth-order valence-corrected chi connectivity index (χ4v) is 4.94. The minimum atomic E-state index is -1.39. The van der Waals surface area contributed by atoms with Crippen LogP contribution in [0.1, 0.15) is 31.0 Å². The van der Waals surface area contributed by atoms with Gasteiger partial charge in [0.15, 0.2) is 0 Å². The van der Waals surface area contributed by atoms with Crippen molar-refractivity contribution in [3.8, 4) is 0 Å². The van der Waals surface area contributed by atoms with Crippen LogP contribution in [-0.4, -0.2) is 35.8 Å². The molecule has 0 aromatic heterocycles. The van der Waals surface area contributed by atoms with Crippen molar-refractivity contribution in [2.75, 3.05) is 13.2 Å². The number of amides is 2. The van der Waals surface area contributed by atoms with Gasteiger partial charge < -0.3 is 10.1 Å². The Morgan fingerprint density at radius 2 is 1.73 bits per heavy atom. The van der Waals surface area contributed by atoms with Crippen LogP contribution in [0.15, 0.2) is 54.6 Å². The van der Waals surface area contributed by atoms with E-state index in [4.69, 9.17) is 4.74 Å². The molecule has 0 aliphatic carbocycles. The molecule has 2 aliphatic rings. The lowest BCUT2D eigenvalue weighted by atomic mass is 9.75. The average molecular weight is 411 g/mol. The summed E-state index contributed by atoms with van der Waals surface area (Å²) in [4.78, 5) is 41.2. The van der Waals surface area contributed by atoms with E-state index < -0.39 is 35.2 Å². The monoisotopic (exact) mass is 411 g/mol. The fraction of sp³-hybridized carbons (Fsp3) is 0.348. The Labute approximate surface area is 174 Å². The number of quaternary nitrogens is 1. The number of nitrogens with zero attached hydrogens (tertiary/aromatic N) is 1. The van der Waals surface area contributed by atoms with E-state index in [1.165, 1.54) is 17.0 Å². The Hall–Kier alpha value is -3.06. The number of rotatable bonds is 5. The molecule has 4 rings (SSSR count). The normalized spacial score (nSPS) is 28.0. The van der Waals surface area contributed by atoms with Gasteiger partial charge in [-0.1, -0.05) is 42.5 Å². The molecule has 2 heterocycles. The Bertz CT molecular complexity index is 978. The largest absolute Gasteiger partial charge is 0.461 e. The highest BCUT2D eigenvalue weighted by Crippen LogP contribution is 2.48. The molecule has 156 valence electrons. The van der Waals surface area contributed by atoms with Crippen LogP contribution in [0.2, 0.25) is 0 Å². The lowest BCUT2D eigenvalue weighted by Gasteiger charge is -2.30. The molecule has 7 heteroatoms. The third-order valence-corrected chi connectivity index (χ3v) is 6.20. The summed E-state index contributed by atoms with van der Waals surface area (Å²) < 4.78 is 19.0. The molecule has 4 atom stereocenters. The van der Waals surface area contributed by atoms with Crippen molar-refractivity contribution >= 4 is 17.8 Å². The number of likely N-dealkylation sites (tertiary alicyclic amines) is 1. The molecule has 30 heavy (non-hydrogen) atoms. The number of fused-ring (bicyclic) bond motifs is 1. The summed E-state index contributed by atoms with van der Waals surface area (Å²) in [6.07, 6.45) is 0. The summed E-state index contributed by atoms with van der Waals surface area (Å²) in [5, 5.41) is 1.77. The van der Waals surface area contributed by atoms with Gasteiger partial charge in [0.25, 0.3) is 0 Å². The number of imide groups is 1. The number of carbonyl (C=O) groups is 3. The van der Waals surface area contributed by atoms with Gasteiger partial charge in [0.2, 0.25) is 17.4 Å². The van der Waals surface area contributed by atoms with Crippen molar-refractivity contribution in [1.29, 1.82) is 0 Å². The van der Waals surface area contributed by atoms with Crippen LogP contribution in [0, 0.1) is 17.7 Å². The van der Waals surface area contributed by atoms with Gasteiger partial charge in [-0.2, -0.15) is 0 Å². The van der Waals surface area contributed by atoms with Gasteiger partial charge in [-0.25, -0.2) is 9.18 Å². The molecule has 2 aromatic carbocycles. The first-order chi connectivity index (χ1) is 14.5. The summed E-state index contributed by atoms with van der Waals surface area (Å²) in [6, 6.07) is 14.3. The van der Waals surface area contributed by atoms with Crippen molar-refractivity contribution < 1.29 is 28.8 Å². The predicted octanol–water partition coefficient (Wildman–Crippen LogP) is 1.52. The Kier molecular flexibility index (Phi) is 5.15. The molecular formula is C23H24FN2O4+. The lowest BCUT2D eigenvalue weighted by Crippen LogP contribution is -2.96. The smallest absolute Gasteiger partial charge is 0.373 e. The molecule has 2 amide bonds. The predicted molar refractivity (Wildman–Crippen MR) is 105 cm³/mol. The molecule has 0 saturated carbocycles. The van der Waals surface area contributed by atoms with E-state index >= 15 is 0 Å². The van der Waals surface area contributed by atoms with Gasteiger partial charge >= 0.3 is 5.97 Å². The highest BCUT2D eigenvalue weighted by molar-refractivity contribution is 6.08. The third-order valence-electron chi connectivity index (χ3n) is 6.20. The van der Waals surface area contributed by atoms with Crippen molar-refractivity contribution in [3.05, 3.63) is 71.5 Å². The molecule has 0 unspecified atom stereocenters. The maximum absolute atomic E-state index is 13.5. The minimum absolute atomic E-state index is 0.152. The number of hydrogen-bond acceptors (Lipinski definition) is 4. The summed E-state index contributed by atoms with van der Waals surface area (Å²) in [7, 11) is 0. The maximum atomic E-state index is 13.5. The zero-order chi connectivity index (χ0) is 21.5. The summed E-state index contributed by atoms with van der Waals surface area (Å²) in [5.74, 6) is -3.26. The summed E-state index contributed by atoms with van der Waals surface area (Å²) >= 11 is 0. The fourth-order valence-electron chi connectivity index (χ4n) is 4.94. The first kappa shape index (κ1) is 20.2. The van der Waals surface area contributed by atoms with E-state index in [1.54, 1.807) is 55.6 Å². The zero-order valence-corrected chi connectivity index (χ0v) is 16.9. The van der Waals surface area contributed by atoms with Gasteiger partial charge in [-0.15, -0.1) is 0 Å². The number of esters is 1. The van der Waals surface area contributed by atoms with E-state index in [2.05, 4.69) is 0 Å². The van der Waals surface area contributed by atoms with Crippen LogP contribution in [0.5, 0.6) is 0 Å². The minimum Gasteiger partial charge on any atom is -0.461 e. The molecule has 2 aromatic rings. The molecule has 2 N–H and O–H groups in total. The molecule has 0 radical (unpaired) electrons. The SMILES string of the molecule is CCOC(=O)[C@]1(c2ccccc2)[NH2+][C@@H](c2ccc(F)cc2)[C@@H]2C(=O)N(CC)C(=O)[C@H]21. The highest BCUT2D eigenvalue weighted by Gasteiger charge is 2.73. The zero-order valence-electron chi connectivity index (χ0n) is 16.9. The number of carbonyl (C=O) groups excluding carboxylic acids is 3. The van der Waals surface area contributed by atoms with E-state index in [1.807, 2.05) is 6.07 Å². The second-order valence-corrected chi connectivity index (χ2v) is 7.62.